The van der Waals surface area contributed by atoms with Crippen LogP contribution in [-0.4, -0.2) is 36.4 Å². The Morgan fingerprint density at radius 1 is 1.69 bits per heavy atom. The maximum atomic E-state index is 9.91. The molecule has 0 aromatic carbocycles. The Bertz CT molecular complexity index is 223. The van der Waals surface area contributed by atoms with Crippen LogP contribution in [0.3, 0.4) is 0 Å². The maximum Gasteiger partial charge on any atom is 0.162 e. The summed E-state index contributed by atoms with van der Waals surface area (Å²) in [6.07, 6.45) is 6.24. The maximum absolute atomic E-state index is 9.91. The van der Waals surface area contributed by atoms with E-state index in [-0.39, 0.29) is 0 Å². The molecular weight excluding hydrogens is 186 g/mol. The van der Waals surface area contributed by atoms with Crippen molar-refractivity contribution in [2.75, 3.05) is 12.8 Å². The molecule has 5 heteroatoms. The van der Waals surface area contributed by atoms with Crippen molar-refractivity contribution in [3.63, 3.8) is 0 Å². The lowest BCUT2D eigenvalue weighted by Crippen LogP contribution is -2.22. The predicted octanol–water partition coefficient (Wildman–Crippen LogP) is 0.685. The van der Waals surface area contributed by atoms with E-state index >= 15 is 0 Å². The molecule has 72 valence electrons. The van der Waals surface area contributed by atoms with Crippen LogP contribution in [0.25, 0.3) is 0 Å². The minimum atomic E-state index is 0.621. The zero-order valence-corrected chi connectivity index (χ0v) is 8.38. The number of thioether (sulfide) groups is 1. The van der Waals surface area contributed by atoms with E-state index in [2.05, 4.69) is 15.5 Å². The van der Waals surface area contributed by atoms with Crippen LogP contribution >= 0.6 is 11.8 Å². The topological polar surface area (TPSA) is 53.8 Å². The van der Waals surface area contributed by atoms with Crippen molar-refractivity contribution < 1.29 is 4.79 Å². The van der Waals surface area contributed by atoms with Gasteiger partial charge in [0, 0.05) is 12.6 Å². The second-order valence-electron chi connectivity index (χ2n) is 2.75. The van der Waals surface area contributed by atoms with Gasteiger partial charge in [-0.3, -0.25) is 4.79 Å². The Morgan fingerprint density at radius 3 is 3.00 bits per heavy atom. The third-order valence-corrected chi connectivity index (χ3v) is 2.35. The fourth-order valence-corrected chi connectivity index (χ4v) is 1.15. The summed E-state index contributed by atoms with van der Waals surface area (Å²) >= 11 is 1.55. The molecule has 0 saturated heterocycles. The Hall–Kier alpha value is -0.680. The molecule has 4 nitrogen and oxygen atoms in total. The molecule has 0 bridgehead atoms. The van der Waals surface area contributed by atoms with Gasteiger partial charge in [-0.1, -0.05) is 0 Å². The molecule has 0 aliphatic heterocycles. The highest BCUT2D eigenvalue weighted by atomic mass is 32.2. The quantitative estimate of drug-likeness (QED) is 0.307. The molecule has 1 aliphatic carbocycles. The Morgan fingerprint density at radius 2 is 2.46 bits per heavy atom. The molecule has 0 amide bonds. The summed E-state index contributed by atoms with van der Waals surface area (Å²) in [7, 11) is 0. The van der Waals surface area contributed by atoms with E-state index in [9.17, 15) is 4.79 Å². The van der Waals surface area contributed by atoms with Gasteiger partial charge in [0.05, 0.1) is 6.21 Å². The zero-order chi connectivity index (χ0) is 9.52. The summed E-state index contributed by atoms with van der Waals surface area (Å²) in [6.45, 7) is 0.752. The van der Waals surface area contributed by atoms with E-state index in [1.807, 2.05) is 6.26 Å². The molecule has 0 aromatic heterocycles. The van der Waals surface area contributed by atoms with Crippen LogP contribution in [0, 0.1) is 0 Å². The normalized spacial score (nSPS) is 18.1. The molecule has 1 saturated carbocycles. The van der Waals surface area contributed by atoms with Crippen LogP contribution in [0.2, 0.25) is 0 Å². The highest BCUT2D eigenvalue weighted by Crippen LogP contribution is 2.18. The summed E-state index contributed by atoms with van der Waals surface area (Å²) in [4.78, 5) is 9.91. The summed E-state index contributed by atoms with van der Waals surface area (Å²) in [6, 6.07) is 0.674. The SMILES string of the molecule is CS/C(CNC1CC1)=N\N=C\C=O. The first kappa shape index (κ1) is 10.4. The Balaban J connectivity index is 2.26. The predicted molar refractivity (Wildman–Crippen MR) is 56.5 cm³/mol. The molecular formula is C8H13N3OS. The molecule has 0 aromatic rings. The Labute approximate surface area is 81.9 Å². The highest BCUT2D eigenvalue weighted by Gasteiger charge is 2.20. The van der Waals surface area contributed by atoms with Gasteiger partial charge in [-0.2, -0.15) is 5.10 Å². The molecule has 1 aliphatic rings. The van der Waals surface area contributed by atoms with Crippen LogP contribution < -0.4 is 5.32 Å². The van der Waals surface area contributed by atoms with Crippen LogP contribution in [0.15, 0.2) is 10.2 Å². The van der Waals surface area contributed by atoms with Crippen LogP contribution in [-0.2, 0) is 4.79 Å². The first-order valence-corrected chi connectivity index (χ1v) is 5.40. The van der Waals surface area contributed by atoms with Crippen molar-refractivity contribution in [2.45, 2.75) is 18.9 Å². The van der Waals surface area contributed by atoms with Gasteiger partial charge in [0.15, 0.2) is 6.29 Å². The third kappa shape index (κ3) is 4.80. The third-order valence-electron chi connectivity index (χ3n) is 1.65. The van der Waals surface area contributed by atoms with Crippen molar-refractivity contribution >= 4 is 29.3 Å². The number of aldehydes is 1. The van der Waals surface area contributed by atoms with Gasteiger partial charge in [0.25, 0.3) is 0 Å². The van der Waals surface area contributed by atoms with E-state index in [1.54, 1.807) is 11.8 Å². The first-order valence-electron chi connectivity index (χ1n) is 4.18. The van der Waals surface area contributed by atoms with E-state index in [1.165, 1.54) is 12.8 Å². The number of carbonyl (C=O) groups excluding carboxylic acids is 1. The number of rotatable bonds is 5. The molecule has 1 fully saturated rings. The summed E-state index contributed by atoms with van der Waals surface area (Å²) in [5, 5.41) is 11.7. The average Bonchev–Trinajstić information content (AvgIpc) is 2.94. The fraction of sp³-hybridized carbons (Fsp3) is 0.625. The number of hydrogen-bond donors (Lipinski definition) is 1. The van der Waals surface area contributed by atoms with Crippen molar-refractivity contribution in [3.8, 4) is 0 Å². The van der Waals surface area contributed by atoms with Gasteiger partial charge in [-0.05, 0) is 19.1 Å². The van der Waals surface area contributed by atoms with Gasteiger partial charge < -0.3 is 5.32 Å². The second-order valence-corrected chi connectivity index (χ2v) is 3.63. The Kier molecular flexibility index (Phi) is 4.70. The van der Waals surface area contributed by atoms with Gasteiger partial charge in [0.2, 0.25) is 0 Å². The molecule has 0 radical (unpaired) electrons. The fourth-order valence-electron chi connectivity index (χ4n) is 0.792. The smallest absolute Gasteiger partial charge is 0.162 e. The van der Waals surface area contributed by atoms with E-state index in [0.29, 0.717) is 12.3 Å². The van der Waals surface area contributed by atoms with Gasteiger partial charge in [-0.25, -0.2) is 0 Å². The van der Waals surface area contributed by atoms with Crippen molar-refractivity contribution in [2.24, 2.45) is 10.2 Å². The van der Waals surface area contributed by atoms with Gasteiger partial charge in [0.1, 0.15) is 5.04 Å². The molecule has 13 heavy (non-hydrogen) atoms. The largest absolute Gasteiger partial charge is 0.308 e. The van der Waals surface area contributed by atoms with Crippen LogP contribution in [0.4, 0.5) is 0 Å². The minimum Gasteiger partial charge on any atom is -0.308 e. The number of nitrogens with zero attached hydrogens (tertiary/aromatic N) is 2. The molecule has 1 N–H and O–H groups in total. The first-order chi connectivity index (χ1) is 6.36. The number of carbonyl (C=O) groups is 1. The van der Waals surface area contributed by atoms with Crippen molar-refractivity contribution in [1.82, 2.24) is 5.32 Å². The monoisotopic (exact) mass is 199 g/mol. The molecule has 0 unspecified atom stereocenters. The van der Waals surface area contributed by atoms with Crippen molar-refractivity contribution in [1.29, 1.82) is 0 Å². The highest BCUT2D eigenvalue weighted by molar-refractivity contribution is 8.13. The summed E-state index contributed by atoms with van der Waals surface area (Å²) in [5.41, 5.74) is 0. The summed E-state index contributed by atoms with van der Waals surface area (Å²) in [5.74, 6) is 0. The minimum absolute atomic E-state index is 0.621. The molecule has 0 spiro atoms. The van der Waals surface area contributed by atoms with Crippen LogP contribution in [0.1, 0.15) is 12.8 Å². The van der Waals surface area contributed by atoms with E-state index in [4.69, 9.17) is 0 Å². The van der Waals surface area contributed by atoms with E-state index in [0.717, 1.165) is 17.8 Å². The van der Waals surface area contributed by atoms with Crippen LogP contribution in [0.5, 0.6) is 0 Å². The average molecular weight is 199 g/mol. The lowest BCUT2D eigenvalue weighted by atomic mass is 10.6. The molecule has 1 rings (SSSR count). The standard InChI is InChI=1S/C8H13N3OS/c1-13-8(11-10-4-5-12)6-9-7-2-3-7/h4-5,7,9H,2-3,6H2,1H3/b10-4+,11-8-. The lowest BCUT2D eigenvalue weighted by molar-refractivity contribution is -0.102. The number of nitrogens with one attached hydrogen (secondary N) is 1. The van der Waals surface area contributed by atoms with E-state index < -0.39 is 0 Å². The zero-order valence-electron chi connectivity index (χ0n) is 7.56. The summed E-state index contributed by atoms with van der Waals surface area (Å²) < 4.78 is 0. The number of hydrogen-bond acceptors (Lipinski definition) is 5. The second kappa shape index (κ2) is 5.88. The molecule has 0 atom stereocenters. The van der Waals surface area contributed by atoms with Crippen molar-refractivity contribution in [3.05, 3.63) is 0 Å². The molecule has 0 heterocycles. The lowest BCUT2D eigenvalue weighted by Gasteiger charge is -2.01. The van der Waals surface area contributed by atoms with Gasteiger partial charge in [-0.15, -0.1) is 16.9 Å². The van der Waals surface area contributed by atoms with Gasteiger partial charge >= 0.3 is 0 Å².